The monoisotopic (exact) mass is 1080 g/mol. The van der Waals surface area contributed by atoms with Gasteiger partial charge in [0.05, 0.1) is 49.3 Å². The van der Waals surface area contributed by atoms with Crippen LogP contribution in [0.25, 0.3) is 32.7 Å². The Morgan fingerprint density at radius 2 is 0.480 bits per heavy atom. The maximum Gasteiger partial charge on any atom is 0.141 e. The molecule has 4 saturated carbocycles. The van der Waals surface area contributed by atoms with E-state index in [1.807, 2.05) is 54.6 Å². The van der Waals surface area contributed by atoms with Crippen molar-refractivity contribution >= 4 is 50.1 Å². The fourth-order valence-corrected chi connectivity index (χ4v) is 15.2. The van der Waals surface area contributed by atoms with Gasteiger partial charge in [0.25, 0.3) is 0 Å². The largest absolute Gasteiger partial charge is 0.506 e. The Balaban J connectivity index is 0.000000148. The van der Waals surface area contributed by atoms with Crippen molar-refractivity contribution in [2.45, 2.75) is 152 Å². The normalized spacial score (nSPS) is 35.2. The SMILES string of the molecule is C1CCC2C3NC(NC4NC(NC5NC(NC6NC(N3)C3CCCCC63)C3CCCCC53)C3CCCCC43)C2C1.Oc1cccc2cccnc12.Oc1cccc2cccnc12.Oc1cccc2cccnc12.[Al].[Cu]. The van der Waals surface area contributed by atoms with Gasteiger partial charge in [0.1, 0.15) is 33.8 Å². The second-order valence-electron chi connectivity index (χ2n) is 22.7. The number of hydrogen-bond donors (Lipinski definition) is 11. The molecule has 4 radical (unpaired) electrons. The van der Waals surface area contributed by atoms with Gasteiger partial charge in [-0.15, -0.1) is 0 Å². The second-order valence-corrected chi connectivity index (χ2v) is 22.7. The minimum absolute atomic E-state index is 0. The quantitative estimate of drug-likeness (QED) is 0.0655. The molecule has 11 N–H and O–H groups in total. The van der Waals surface area contributed by atoms with Crippen LogP contribution >= 0.6 is 0 Å². The Kier molecular flexibility index (Phi) is 18.0. The fourth-order valence-electron chi connectivity index (χ4n) is 15.2. The van der Waals surface area contributed by atoms with Crippen molar-refractivity contribution in [3.8, 4) is 17.2 Å². The summed E-state index contributed by atoms with van der Waals surface area (Å²) in [5, 5.41) is 64.6. The zero-order valence-electron chi connectivity index (χ0n) is 43.0. The van der Waals surface area contributed by atoms with E-state index in [2.05, 4.69) is 57.5 Å². The van der Waals surface area contributed by atoms with Crippen LogP contribution in [0.1, 0.15) is 103 Å². The van der Waals surface area contributed by atoms with Crippen molar-refractivity contribution in [1.82, 2.24) is 57.5 Å². The van der Waals surface area contributed by atoms with E-state index in [1.54, 1.807) is 55.0 Å². The maximum absolute atomic E-state index is 9.31. The van der Waals surface area contributed by atoms with Gasteiger partial charge in [-0.2, -0.15) is 0 Å². The first-order valence-electron chi connectivity index (χ1n) is 28.1. The first kappa shape index (κ1) is 54.4. The molecule has 8 heterocycles. The zero-order chi connectivity index (χ0) is 49.3. The van der Waals surface area contributed by atoms with E-state index < -0.39 is 0 Å². The summed E-state index contributed by atoms with van der Waals surface area (Å²) < 4.78 is 0. The summed E-state index contributed by atoms with van der Waals surface area (Å²) >= 11 is 0. The van der Waals surface area contributed by atoms with E-state index in [-0.39, 0.29) is 51.7 Å². The molecule has 8 atom stereocenters. The molecule has 8 unspecified atom stereocenters. The molecule has 4 aliphatic carbocycles. The third kappa shape index (κ3) is 11.6. The zero-order valence-corrected chi connectivity index (χ0v) is 45.1. The number of nitrogens with zero attached hydrogens (tertiary/aromatic N) is 3. The van der Waals surface area contributed by atoms with Crippen molar-refractivity contribution in [2.75, 3.05) is 0 Å². The molecular weight excluding hydrogens is 1000 g/mol. The van der Waals surface area contributed by atoms with Crippen LogP contribution in [0.15, 0.2) is 110 Å². The third-order valence-corrected chi connectivity index (χ3v) is 18.6. The van der Waals surface area contributed by atoms with Crippen LogP contribution < -0.4 is 42.5 Å². The number of phenols is 3. The Labute approximate surface area is 463 Å². The van der Waals surface area contributed by atoms with E-state index >= 15 is 0 Å². The Bertz CT molecular complexity index is 2410. The molecule has 15 rings (SSSR count). The van der Waals surface area contributed by atoms with Crippen molar-refractivity contribution in [3.05, 3.63) is 110 Å². The van der Waals surface area contributed by atoms with Crippen LogP contribution in [0.2, 0.25) is 0 Å². The van der Waals surface area contributed by atoms with Gasteiger partial charge >= 0.3 is 0 Å². The van der Waals surface area contributed by atoms with Crippen LogP contribution in [0.3, 0.4) is 0 Å². The van der Waals surface area contributed by atoms with Gasteiger partial charge in [0.2, 0.25) is 0 Å². The number of benzene rings is 3. The Hall–Kier alpha value is -3.98. The number of aromatic hydroxyl groups is 3. The van der Waals surface area contributed by atoms with E-state index in [0.717, 1.165) is 63.5 Å². The molecule has 5 aliphatic heterocycles. The number of hydrogen-bond acceptors (Lipinski definition) is 14. The molecule has 3 aromatic heterocycles. The summed E-state index contributed by atoms with van der Waals surface area (Å²) in [4.78, 5) is 12.1. The van der Waals surface area contributed by atoms with Crippen LogP contribution in [0.5, 0.6) is 17.2 Å². The molecule has 0 spiro atoms. The second kappa shape index (κ2) is 24.8. The summed E-state index contributed by atoms with van der Waals surface area (Å²) in [5.74, 6) is 6.69. The number of para-hydroxylation sites is 3. The third-order valence-electron chi connectivity index (χ3n) is 18.6. The van der Waals surface area contributed by atoms with Gasteiger partial charge in [-0.25, -0.2) is 0 Å². The summed E-state index contributed by atoms with van der Waals surface area (Å²) in [6, 6.07) is 27.4. The van der Waals surface area contributed by atoms with Gasteiger partial charge in [-0.3, -0.25) is 57.5 Å². The standard InChI is InChI=1S/C32H56N8.3C9H7NO.Al.Cu/c1-2-10-18-17(9-1)25-33-26(18)38-28-21-13-5-6-14-22(21)30(35-28)40-32-24-16-8-7-15-23(24)31(36-32)39-29-20-12-4-3-11-19(20)27(34-29)37-25;3*11-8-5-1-3-7-4-2-6-10-9(7)8;;/h17-40H,1-16H2;3*1-6,11H;;. The molecule has 14 nitrogen and oxygen atoms in total. The molecule has 75 heavy (non-hydrogen) atoms. The van der Waals surface area contributed by atoms with Crippen molar-refractivity contribution in [2.24, 2.45) is 47.3 Å². The summed E-state index contributed by atoms with van der Waals surface area (Å²) in [7, 11) is 0. The fraction of sp³-hybridized carbons (Fsp3) is 0.542. The number of pyridine rings is 3. The van der Waals surface area contributed by atoms with Crippen molar-refractivity contribution in [1.29, 1.82) is 0 Å². The van der Waals surface area contributed by atoms with E-state index in [9.17, 15) is 15.3 Å². The molecule has 9 aliphatic rings. The van der Waals surface area contributed by atoms with Crippen LogP contribution in [-0.4, -0.2) is 97.0 Å². The van der Waals surface area contributed by atoms with Gasteiger partial charge in [-0.1, -0.05) is 106 Å². The number of aromatic nitrogens is 3. The molecule has 8 bridgehead atoms. The van der Waals surface area contributed by atoms with Gasteiger partial charge in [0, 0.05) is 69.2 Å². The minimum atomic E-state index is 0. The topological polar surface area (TPSA) is 196 Å². The first-order valence-corrected chi connectivity index (χ1v) is 28.1. The predicted octanol–water partition coefficient (Wildman–Crippen LogP) is 8.04. The molecular formula is C59H77AlCuN11O3. The molecule has 400 valence electrons. The van der Waals surface area contributed by atoms with E-state index in [4.69, 9.17) is 0 Å². The van der Waals surface area contributed by atoms with Gasteiger partial charge in [0.15, 0.2) is 0 Å². The Morgan fingerprint density at radius 1 is 0.293 bits per heavy atom. The minimum Gasteiger partial charge on any atom is -0.506 e. The summed E-state index contributed by atoms with van der Waals surface area (Å²) in [6.07, 6.45) is 30.6. The molecule has 5 saturated heterocycles. The van der Waals surface area contributed by atoms with E-state index in [0.29, 0.717) is 65.9 Å². The van der Waals surface area contributed by atoms with E-state index in [1.165, 1.54) is 103 Å². The molecule has 0 amide bonds. The molecule has 16 heteroatoms. The van der Waals surface area contributed by atoms with Crippen LogP contribution in [0, 0.1) is 47.3 Å². The van der Waals surface area contributed by atoms with Crippen LogP contribution in [-0.2, 0) is 17.1 Å². The summed E-state index contributed by atoms with van der Waals surface area (Å²) in [6.45, 7) is 0. The predicted molar refractivity (Wildman–Crippen MR) is 293 cm³/mol. The van der Waals surface area contributed by atoms with Gasteiger partial charge < -0.3 is 15.3 Å². The van der Waals surface area contributed by atoms with Crippen molar-refractivity contribution < 1.29 is 32.4 Å². The number of nitrogens with one attached hydrogen (secondary N) is 8. The molecule has 9 fully saturated rings. The Morgan fingerprint density at radius 3 is 0.667 bits per heavy atom. The average molecular weight is 1080 g/mol. The first-order chi connectivity index (χ1) is 35.9. The summed E-state index contributed by atoms with van der Waals surface area (Å²) in [5.41, 5.74) is 1.99. The molecule has 6 aromatic rings. The average Bonchev–Trinajstić information content (AvgIpc) is 4.18. The van der Waals surface area contributed by atoms with Crippen LogP contribution in [0.4, 0.5) is 0 Å². The van der Waals surface area contributed by atoms with Crippen molar-refractivity contribution in [3.63, 3.8) is 0 Å². The molecule has 3 aromatic carbocycles. The smallest absolute Gasteiger partial charge is 0.141 e. The van der Waals surface area contributed by atoms with Gasteiger partial charge in [-0.05, 0) is 135 Å². The number of rotatable bonds is 0. The maximum atomic E-state index is 9.31. The number of phenolic OH excluding ortho intramolecular Hbond substituents is 3. The number of fused-ring (bicyclic) bond motifs is 23.